The van der Waals surface area contributed by atoms with Gasteiger partial charge in [-0.3, -0.25) is 14.2 Å². The number of para-hydroxylation sites is 1. The summed E-state index contributed by atoms with van der Waals surface area (Å²) < 4.78 is 14.9. The van der Waals surface area contributed by atoms with Gasteiger partial charge in [0.15, 0.2) is 0 Å². The lowest BCUT2D eigenvalue weighted by Gasteiger charge is -2.35. The standard InChI is InChI=1S/C17H20FN3O2/c1-2-12-6-3-4-9-21(12)15(22)10-20-11-19-16-13(17(20)23)7-5-8-14(16)18/h5,7-8,11-12H,2-4,6,9-10H2,1H3. The van der Waals surface area contributed by atoms with Crippen LogP contribution in [0.15, 0.2) is 29.3 Å². The van der Waals surface area contributed by atoms with Crippen molar-refractivity contribution in [3.63, 3.8) is 0 Å². The average Bonchev–Trinajstić information content (AvgIpc) is 2.58. The van der Waals surface area contributed by atoms with E-state index in [1.54, 1.807) is 0 Å². The molecule has 0 N–H and O–H groups in total. The fraction of sp³-hybridized carbons (Fsp3) is 0.471. The number of nitrogens with zero attached hydrogens (tertiary/aromatic N) is 3. The van der Waals surface area contributed by atoms with Crippen molar-refractivity contribution in [2.24, 2.45) is 0 Å². The molecule has 23 heavy (non-hydrogen) atoms. The van der Waals surface area contributed by atoms with Crippen molar-refractivity contribution in [2.75, 3.05) is 6.54 Å². The first-order valence-corrected chi connectivity index (χ1v) is 8.05. The molecule has 1 saturated heterocycles. The van der Waals surface area contributed by atoms with Crippen LogP contribution < -0.4 is 5.56 Å². The fourth-order valence-corrected chi connectivity index (χ4v) is 3.26. The highest BCUT2D eigenvalue weighted by molar-refractivity contribution is 5.79. The average molecular weight is 317 g/mol. The lowest BCUT2D eigenvalue weighted by Crippen LogP contribution is -2.45. The van der Waals surface area contributed by atoms with Crippen LogP contribution in [0.25, 0.3) is 10.9 Å². The highest BCUT2D eigenvalue weighted by atomic mass is 19.1. The van der Waals surface area contributed by atoms with Crippen LogP contribution in [0, 0.1) is 5.82 Å². The third kappa shape index (κ3) is 2.98. The summed E-state index contributed by atoms with van der Waals surface area (Å²) in [6.07, 6.45) is 5.33. The zero-order valence-electron chi connectivity index (χ0n) is 13.2. The van der Waals surface area contributed by atoms with Gasteiger partial charge in [-0.05, 0) is 37.8 Å². The number of fused-ring (bicyclic) bond motifs is 1. The van der Waals surface area contributed by atoms with Crippen molar-refractivity contribution in [1.29, 1.82) is 0 Å². The van der Waals surface area contributed by atoms with E-state index in [9.17, 15) is 14.0 Å². The van der Waals surface area contributed by atoms with Gasteiger partial charge in [0, 0.05) is 12.6 Å². The first-order chi connectivity index (χ1) is 11.1. The number of rotatable bonds is 3. The van der Waals surface area contributed by atoms with E-state index in [2.05, 4.69) is 11.9 Å². The van der Waals surface area contributed by atoms with Crippen molar-refractivity contribution in [3.8, 4) is 0 Å². The Morgan fingerprint density at radius 3 is 3.00 bits per heavy atom. The molecule has 1 aliphatic rings. The van der Waals surface area contributed by atoms with Crippen LogP contribution in [0.1, 0.15) is 32.6 Å². The normalized spacial score (nSPS) is 18.3. The zero-order valence-corrected chi connectivity index (χ0v) is 13.2. The van der Waals surface area contributed by atoms with Crippen LogP contribution >= 0.6 is 0 Å². The maximum atomic E-state index is 13.7. The molecule has 2 aromatic rings. The van der Waals surface area contributed by atoms with Gasteiger partial charge < -0.3 is 4.90 Å². The fourth-order valence-electron chi connectivity index (χ4n) is 3.26. The van der Waals surface area contributed by atoms with E-state index in [0.29, 0.717) is 0 Å². The molecule has 1 amide bonds. The quantitative estimate of drug-likeness (QED) is 0.873. The minimum atomic E-state index is -0.528. The van der Waals surface area contributed by atoms with Crippen molar-refractivity contribution >= 4 is 16.8 Å². The maximum absolute atomic E-state index is 13.7. The lowest BCUT2D eigenvalue weighted by atomic mass is 10.00. The van der Waals surface area contributed by atoms with Crippen LogP contribution in [0.5, 0.6) is 0 Å². The molecule has 122 valence electrons. The summed E-state index contributed by atoms with van der Waals surface area (Å²) in [4.78, 5) is 30.9. The third-order valence-corrected chi connectivity index (χ3v) is 4.53. The number of likely N-dealkylation sites (tertiary alicyclic amines) is 1. The minimum Gasteiger partial charge on any atom is -0.338 e. The molecule has 3 rings (SSSR count). The van der Waals surface area contributed by atoms with Crippen LogP contribution in [-0.4, -0.2) is 32.9 Å². The summed E-state index contributed by atoms with van der Waals surface area (Å²) in [6, 6.07) is 4.52. The second-order valence-electron chi connectivity index (χ2n) is 5.96. The smallest absolute Gasteiger partial charge is 0.261 e. The zero-order chi connectivity index (χ0) is 16.4. The molecule has 0 radical (unpaired) electrons. The number of piperidine rings is 1. The van der Waals surface area contributed by atoms with E-state index in [1.165, 1.54) is 29.1 Å². The first kappa shape index (κ1) is 15.6. The van der Waals surface area contributed by atoms with Gasteiger partial charge in [-0.2, -0.15) is 0 Å². The second-order valence-corrected chi connectivity index (χ2v) is 5.96. The highest BCUT2D eigenvalue weighted by Crippen LogP contribution is 2.19. The Kier molecular flexibility index (Phi) is 4.41. The number of halogens is 1. The second kappa shape index (κ2) is 6.48. The van der Waals surface area contributed by atoms with Crippen molar-refractivity contribution < 1.29 is 9.18 Å². The molecule has 6 heteroatoms. The van der Waals surface area contributed by atoms with Crippen LogP contribution in [0.2, 0.25) is 0 Å². The molecular formula is C17H20FN3O2. The van der Waals surface area contributed by atoms with Crippen LogP contribution in [0.3, 0.4) is 0 Å². The number of amides is 1. The molecule has 2 heterocycles. The Bertz CT molecular complexity index is 787. The summed E-state index contributed by atoms with van der Waals surface area (Å²) >= 11 is 0. The third-order valence-electron chi connectivity index (χ3n) is 4.53. The van der Waals surface area contributed by atoms with Gasteiger partial charge >= 0.3 is 0 Å². The topological polar surface area (TPSA) is 55.2 Å². The van der Waals surface area contributed by atoms with Crippen molar-refractivity contribution in [2.45, 2.75) is 45.2 Å². The van der Waals surface area contributed by atoms with Crippen molar-refractivity contribution in [3.05, 3.63) is 40.7 Å². The van der Waals surface area contributed by atoms with Gasteiger partial charge in [0.25, 0.3) is 5.56 Å². The molecule has 0 saturated carbocycles. The summed E-state index contributed by atoms with van der Waals surface area (Å²) in [5.41, 5.74) is -0.335. The van der Waals surface area contributed by atoms with E-state index in [0.717, 1.165) is 32.2 Å². The van der Waals surface area contributed by atoms with Gasteiger partial charge in [-0.15, -0.1) is 0 Å². The van der Waals surface area contributed by atoms with Gasteiger partial charge in [-0.25, -0.2) is 9.37 Å². The molecule has 1 aromatic heterocycles. The number of hydrogen-bond donors (Lipinski definition) is 0. The predicted octanol–water partition coefficient (Wildman–Crippen LogP) is 2.33. The Morgan fingerprint density at radius 1 is 1.39 bits per heavy atom. The van der Waals surface area contributed by atoms with E-state index in [-0.39, 0.29) is 35.0 Å². The van der Waals surface area contributed by atoms with Crippen LogP contribution in [0.4, 0.5) is 4.39 Å². The number of hydrogen-bond acceptors (Lipinski definition) is 3. The monoisotopic (exact) mass is 317 g/mol. The number of aromatic nitrogens is 2. The molecule has 0 spiro atoms. The summed E-state index contributed by atoms with van der Waals surface area (Å²) in [5, 5.41) is 0.200. The van der Waals surface area contributed by atoms with E-state index in [1.807, 2.05) is 4.90 Å². The number of benzene rings is 1. The summed E-state index contributed by atoms with van der Waals surface area (Å²) in [7, 11) is 0. The highest BCUT2D eigenvalue weighted by Gasteiger charge is 2.25. The van der Waals surface area contributed by atoms with Gasteiger partial charge in [-0.1, -0.05) is 13.0 Å². The lowest BCUT2D eigenvalue weighted by molar-refractivity contribution is -0.135. The van der Waals surface area contributed by atoms with Crippen molar-refractivity contribution in [1.82, 2.24) is 14.5 Å². The molecular weight excluding hydrogens is 297 g/mol. The molecule has 1 atom stereocenters. The molecule has 1 unspecified atom stereocenters. The van der Waals surface area contributed by atoms with E-state index < -0.39 is 5.82 Å². The van der Waals surface area contributed by atoms with E-state index >= 15 is 0 Å². The van der Waals surface area contributed by atoms with Crippen LogP contribution in [-0.2, 0) is 11.3 Å². The maximum Gasteiger partial charge on any atom is 0.261 e. The first-order valence-electron chi connectivity index (χ1n) is 8.05. The summed E-state index contributed by atoms with van der Waals surface area (Å²) in [6.45, 7) is 2.76. The van der Waals surface area contributed by atoms with Gasteiger partial charge in [0.1, 0.15) is 17.9 Å². The molecule has 0 bridgehead atoms. The number of carbonyl (C=O) groups is 1. The molecule has 0 aliphatic carbocycles. The Hall–Kier alpha value is -2.24. The Labute approximate surface area is 133 Å². The molecule has 1 aliphatic heterocycles. The number of carbonyl (C=O) groups excluding carboxylic acids is 1. The van der Waals surface area contributed by atoms with Gasteiger partial charge in [0.2, 0.25) is 5.91 Å². The SMILES string of the molecule is CCC1CCCCN1C(=O)Cn1cnc2c(F)cccc2c1=O. The minimum absolute atomic E-state index is 0.0468. The molecule has 1 aromatic carbocycles. The Morgan fingerprint density at radius 2 is 2.22 bits per heavy atom. The molecule has 5 nitrogen and oxygen atoms in total. The largest absolute Gasteiger partial charge is 0.338 e. The molecule has 1 fully saturated rings. The Balaban J connectivity index is 1.88. The summed E-state index contributed by atoms with van der Waals surface area (Å²) in [5.74, 6) is -0.601. The van der Waals surface area contributed by atoms with E-state index in [4.69, 9.17) is 0 Å². The predicted molar refractivity (Wildman–Crippen MR) is 85.6 cm³/mol. The van der Waals surface area contributed by atoms with Gasteiger partial charge in [0.05, 0.1) is 11.7 Å².